The van der Waals surface area contributed by atoms with Crippen molar-refractivity contribution in [1.29, 1.82) is 0 Å². The molecule has 0 radical (unpaired) electrons. The number of fused-ring (bicyclic) bond motifs is 1. The number of ether oxygens (including phenoxy) is 2. The van der Waals surface area contributed by atoms with Crippen LogP contribution in [0.15, 0.2) is 12.1 Å². The molecule has 3 heterocycles. The standard InChI is InChI=1S/C20H27N3O3/c1-14-18(20(24)22-10-17-13-25-6-7-26-17)3-2-16-4-5-23(12-19(14)16)11-15-8-21-9-15/h2-4,12,15,17,21H,5-11,13H2,1H3,(H,22,24). The number of hydrogen-bond acceptors (Lipinski definition) is 5. The largest absolute Gasteiger partial charge is 0.376 e. The minimum absolute atomic E-state index is 0.0480. The Hall–Kier alpha value is -1.89. The van der Waals surface area contributed by atoms with E-state index in [1.807, 2.05) is 13.0 Å². The zero-order chi connectivity index (χ0) is 17.9. The second kappa shape index (κ2) is 7.78. The first-order chi connectivity index (χ1) is 12.7. The molecule has 140 valence electrons. The highest BCUT2D eigenvalue weighted by atomic mass is 16.6. The summed E-state index contributed by atoms with van der Waals surface area (Å²) in [7, 11) is 0. The summed E-state index contributed by atoms with van der Waals surface area (Å²) in [6, 6.07) is 3.98. The molecule has 0 spiro atoms. The summed E-state index contributed by atoms with van der Waals surface area (Å²) < 4.78 is 11.0. The van der Waals surface area contributed by atoms with Gasteiger partial charge in [0.25, 0.3) is 5.91 Å². The fourth-order valence-electron chi connectivity index (χ4n) is 3.69. The SMILES string of the molecule is Cc1c(C(=O)NCC2COCCO2)ccc2c1=CN(CC1CNC1)CC=2. The van der Waals surface area contributed by atoms with Gasteiger partial charge >= 0.3 is 0 Å². The maximum absolute atomic E-state index is 12.7. The van der Waals surface area contributed by atoms with E-state index in [1.54, 1.807) is 0 Å². The lowest BCUT2D eigenvalue weighted by molar-refractivity contribution is -0.0855. The number of benzene rings is 1. The van der Waals surface area contributed by atoms with Crippen molar-refractivity contribution < 1.29 is 14.3 Å². The van der Waals surface area contributed by atoms with Crippen LogP contribution >= 0.6 is 0 Å². The van der Waals surface area contributed by atoms with Crippen molar-refractivity contribution in [2.75, 3.05) is 52.5 Å². The minimum Gasteiger partial charge on any atom is -0.376 e. The molecule has 1 amide bonds. The van der Waals surface area contributed by atoms with Gasteiger partial charge in [0, 0.05) is 55.6 Å². The van der Waals surface area contributed by atoms with Crippen LogP contribution < -0.4 is 21.1 Å². The van der Waals surface area contributed by atoms with E-state index in [4.69, 9.17) is 9.47 Å². The molecule has 3 aliphatic rings. The van der Waals surface area contributed by atoms with Gasteiger partial charge in [0.2, 0.25) is 0 Å². The van der Waals surface area contributed by atoms with Gasteiger partial charge in [-0.3, -0.25) is 4.79 Å². The molecule has 6 nitrogen and oxygen atoms in total. The lowest BCUT2D eigenvalue weighted by atomic mass is 10.00. The number of nitrogens with zero attached hydrogens (tertiary/aromatic N) is 1. The van der Waals surface area contributed by atoms with Gasteiger partial charge in [-0.05, 0) is 23.8 Å². The number of hydrogen-bond donors (Lipinski definition) is 2. The zero-order valence-corrected chi connectivity index (χ0v) is 15.3. The number of carbonyl (C=O) groups is 1. The van der Waals surface area contributed by atoms with Crippen LogP contribution in [0.3, 0.4) is 0 Å². The van der Waals surface area contributed by atoms with Crippen molar-refractivity contribution in [3.63, 3.8) is 0 Å². The normalized spacial score (nSPS) is 22.7. The lowest BCUT2D eigenvalue weighted by Crippen LogP contribution is -2.49. The van der Waals surface area contributed by atoms with Crippen LogP contribution in [0, 0.1) is 12.8 Å². The van der Waals surface area contributed by atoms with Crippen molar-refractivity contribution in [3.05, 3.63) is 33.7 Å². The fraction of sp³-hybridized carbons (Fsp3) is 0.550. The predicted molar refractivity (Wildman–Crippen MR) is 100 cm³/mol. The van der Waals surface area contributed by atoms with E-state index in [0.29, 0.717) is 26.4 Å². The number of amides is 1. The summed E-state index contributed by atoms with van der Waals surface area (Å²) in [6.45, 7) is 8.49. The van der Waals surface area contributed by atoms with E-state index in [1.165, 1.54) is 5.22 Å². The molecule has 2 N–H and O–H groups in total. The summed E-state index contributed by atoms with van der Waals surface area (Å²) in [6.07, 6.45) is 4.42. The van der Waals surface area contributed by atoms with E-state index in [2.05, 4.69) is 33.9 Å². The Balaban J connectivity index is 1.48. The second-order valence-electron chi connectivity index (χ2n) is 7.33. The Morgan fingerprint density at radius 3 is 2.96 bits per heavy atom. The second-order valence-corrected chi connectivity index (χ2v) is 7.33. The van der Waals surface area contributed by atoms with Crippen molar-refractivity contribution in [2.45, 2.75) is 13.0 Å². The van der Waals surface area contributed by atoms with Crippen LogP contribution in [0.25, 0.3) is 12.3 Å². The van der Waals surface area contributed by atoms with Crippen LogP contribution in [0.5, 0.6) is 0 Å². The van der Waals surface area contributed by atoms with Gasteiger partial charge in [-0.15, -0.1) is 0 Å². The quantitative estimate of drug-likeness (QED) is 0.722. The molecular formula is C20H27N3O3. The van der Waals surface area contributed by atoms with Gasteiger partial charge in [-0.25, -0.2) is 0 Å². The van der Waals surface area contributed by atoms with Gasteiger partial charge in [0.05, 0.1) is 25.9 Å². The number of nitrogens with one attached hydrogen (secondary N) is 2. The summed E-state index contributed by atoms with van der Waals surface area (Å²) in [5.41, 5.74) is 1.77. The van der Waals surface area contributed by atoms with E-state index in [-0.39, 0.29) is 12.0 Å². The van der Waals surface area contributed by atoms with E-state index in [0.717, 1.165) is 48.4 Å². The molecule has 1 aromatic carbocycles. The highest BCUT2D eigenvalue weighted by molar-refractivity contribution is 5.95. The molecule has 6 heteroatoms. The molecule has 0 aromatic heterocycles. The lowest BCUT2D eigenvalue weighted by Gasteiger charge is -2.33. The highest BCUT2D eigenvalue weighted by Crippen LogP contribution is 2.09. The van der Waals surface area contributed by atoms with E-state index < -0.39 is 0 Å². The third-order valence-electron chi connectivity index (χ3n) is 5.38. The maximum Gasteiger partial charge on any atom is 0.251 e. The third-order valence-corrected chi connectivity index (χ3v) is 5.38. The molecule has 0 bridgehead atoms. The van der Waals surface area contributed by atoms with Crippen LogP contribution in [-0.4, -0.2) is 69.5 Å². The fourth-order valence-corrected chi connectivity index (χ4v) is 3.69. The van der Waals surface area contributed by atoms with Crippen molar-refractivity contribution >= 4 is 18.2 Å². The number of rotatable bonds is 5. The van der Waals surface area contributed by atoms with E-state index in [9.17, 15) is 4.79 Å². The molecule has 0 aliphatic carbocycles. The van der Waals surface area contributed by atoms with Gasteiger partial charge in [0.15, 0.2) is 0 Å². The van der Waals surface area contributed by atoms with Crippen LogP contribution in [-0.2, 0) is 9.47 Å². The van der Waals surface area contributed by atoms with Crippen LogP contribution in [0.2, 0.25) is 0 Å². The average Bonchev–Trinajstić information content (AvgIpc) is 2.64. The van der Waals surface area contributed by atoms with Gasteiger partial charge in [0.1, 0.15) is 0 Å². The summed E-state index contributed by atoms with van der Waals surface area (Å²) >= 11 is 0. The first-order valence-electron chi connectivity index (χ1n) is 9.44. The minimum atomic E-state index is -0.0582. The first-order valence-corrected chi connectivity index (χ1v) is 9.44. The van der Waals surface area contributed by atoms with Crippen molar-refractivity contribution in [1.82, 2.24) is 15.5 Å². The summed E-state index contributed by atoms with van der Waals surface area (Å²) in [5, 5.41) is 8.69. The molecular weight excluding hydrogens is 330 g/mol. The zero-order valence-electron chi connectivity index (χ0n) is 15.3. The maximum atomic E-state index is 12.7. The monoisotopic (exact) mass is 357 g/mol. The smallest absolute Gasteiger partial charge is 0.251 e. The Kier molecular flexibility index (Phi) is 5.24. The topological polar surface area (TPSA) is 62.8 Å². The van der Waals surface area contributed by atoms with E-state index >= 15 is 0 Å². The van der Waals surface area contributed by atoms with Crippen molar-refractivity contribution in [3.8, 4) is 0 Å². The Bertz CT molecular complexity index is 782. The molecule has 3 aliphatic heterocycles. The predicted octanol–water partition coefficient (Wildman–Crippen LogP) is -0.806. The van der Waals surface area contributed by atoms with Crippen LogP contribution in [0.1, 0.15) is 15.9 Å². The Morgan fingerprint density at radius 2 is 2.23 bits per heavy atom. The average molecular weight is 357 g/mol. The molecule has 1 aromatic rings. The van der Waals surface area contributed by atoms with Gasteiger partial charge < -0.3 is 25.0 Å². The summed E-state index contributed by atoms with van der Waals surface area (Å²) in [5.74, 6) is 0.680. The number of carbonyl (C=O) groups excluding carboxylic acids is 1. The summed E-state index contributed by atoms with van der Waals surface area (Å²) in [4.78, 5) is 15.0. The molecule has 0 saturated carbocycles. The third kappa shape index (κ3) is 3.77. The molecule has 1 unspecified atom stereocenters. The highest BCUT2D eigenvalue weighted by Gasteiger charge is 2.20. The molecule has 2 fully saturated rings. The Morgan fingerprint density at radius 1 is 1.35 bits per heavy atom. The van der Waals surface area contributed by atoms with Crippen molar-refractivity contribution in [2.24, 2.45) is 5.92 Å². The van der Waals surface area contributed by atoms with Gasteiger partial charge in [-0.2, -0.15) is 0 Å². The van der Waals surface area contributed by atoms with Crippen LogP contribution in [0.4, 0.5) is 0 Å². The van der Waals surface area contributed by atoms with Gasteiger partial charge in [-0.1, -0.05) is 12.1 Å². The molecule has 26 heavy (non-hydrogen) atoms. The molecule has 4 rings (SSSR count). The Labute approximate surface area is 153 Å². The molecule has 1 atom stereocenters. The first kappa shape index (κ1) is 17.5. The molecule has 2 saturated heterocycles.